The maximum absolute atomic E-state index is 10.7. The van der Waals surface area contributed by atoms with Gasteiger partial charge in [-0.15, -0.1) is 5.10 Å². The van der Waals surface area contributed by atoms with E-state index in [0.29, 0.717) is 5.82 Å². The van der Waals surface area contributed by atoms with Crippen LogP contribution in [0.1, 0.15) is 16.2 Å². The first-order valence-corrected chi connectivity index (χ1v) is 4.47. The van der Waals surface area contributed by atoms with Gasteiger partial charge in [-0.3, -0.25) is 0 Å². The Kier molecular flexibility index (Phi) is 2.28. The second kappa shape index (κ2) is 3.61. The van der Waals surface area contributed by atoms with Gasteiger partial charge in [-0.2, -0.15) is 0 Å². The van der Waals surface area contributed by atoms with Crippen molar-refractivity contribution in [2.24, 2.45) is 0 Å². The molecule has 2 heterocycles. The molecule has 0 aliphatic carbocycles. The van der Waals surface area contributed by atoms with Gasteiger partial charge in [0.1, 0.15) is 5.82 Å². The van der Waals surface area contributed by atoms with E-state index in [2.05, 4.69) is 15.1 Å². The molecule has 2 aromatic rings. The summed E-state index contributed by atoms with van der Waals surface area (Å²) < 4.78 is 1.39. The monoisotopic (exact) mass is 219 g/mol. The molecule has 0 aromatic carbocycles. The van der Waals surface area contributed by atoms with Crippen LogP contribution in [0.5, 0.6) is 0 Å². The Morgan fingerprint density at radius 1 is 1.56 bits per heavy atom. The fourth-order valence-electron chi connectivity index (χ4n) is 1.27. The molecule has 82 valence electrons. The molecule has 0 atom stereocenters. The number of nitrogens with zero attached hydrogens (tertiary/aromatic N) is 4. The third kappa shape index (κ3) is 1.70. The van der Waals surface area contributed by atoms with Gasteiger partial charge in [-0.05, 0) is 13.0 Å². The first kappa shape index (κ1) is 10.1. The summed E-state index contributed by atoms with van der Waals surface area (Å²) in [4.78, 5) is 18.5. The maximum atomic E-state index is 10.7. The molecule has 0 aliphatic heterocycles. The van der Waals surface area contributed by atoms with Gasteiger partial charge in [0, 0.05) is 18.0 Å². The smallest absolute Gasteiger partial charge is 0.354 e. The number of nitrogen functional groups attached to an aromatic ring is 1. The average Bonchev–Trinajstić information content (AvgIpc) is 2.58. The molecular formula is C9H9N5O2. The van der Waals surface area contributed by atoms with Crippen molar-refractivity contribution in [2.45, 2.75) is 6.92 Å². The third-order valence-electron chi connectivity index (χ3n) is 1.96. The standard InChI is InChI=1S/C9H9N5O2/c1-5-4-7(10)13-14(5)9-11-3-2-6(12-9)8(15)16/h2-4H,1H3,(H2,10,13)(H,15,16). The number of carboxylic acid groups (broad SMARTS) is 1. The van der Waals surface area contributed by atoms with Crippen LogP contribution in [0.25, 0.3) is 5.95 Å². The fraction of sp³-hybridized carbons (Fsp3) is 0.111. The minimum Gasteiger partial charge on any atom is -0.477 e. The molecule has 3 N–H and O–H groups in total. The molecule has 0 radical (unpaired) electrons. The van der Waals surface area contributed by atoms with E-state index in [4.69, 9.17) is 10.8 Å². The van der Waals surface area contributed by atoms with Gasteiger partial charge in [0.25, 0.3) is 5.95 Å². The predicted octanol–water partition coefficient (Wildman–Crippen LogP) is 0.251. The topological polar surface area (TPSA) is 107 Å². The van der Waals surface area contributed by atoms with Gasteiger partial charge < -0.3 is 10.8 Å². The molecule has 0 saturated heterocycles. The van der Waals surface area contributed by atoms with Gasteiger partial charge in [0.2, 0.25) is 0 Å². The number of hydrogen-bond acceptors (Lipinski definition) is 5. The Bertz CT molecular complexity index is 549. The third-order valence-corrected chi connectivity index (χ3v) is 1.96. The normalized spacial score (nSPS) is 10.3. The Labute approximate surface area is 90.6 Å². The number of nitrogens with two attached hydrogens (primary N) is 1. The van der Waals surface area contributed by atoms with Crippen LogP contribution in [0.3, 0.4) is 0 Å². The van der Waals surface area contributed by atoms with E-state index in [9.17, 15) is 4.79 Å². The minimum atomic E-state index is -1.11. The summed E-state index contributed by atoms with van der Waals surface area (Å²) in [5.41, 5.74) is 6.16. The van der Waals surface area contributed by atoms with E-state index in [1.165, 1.54) is 16.9 Å². The molecule has 2 rings (SSSR count). The summed E-state index contributed by atoms with van der Waals surface area (Å²) in [6.45, 7) is 1.78. The first-order chi connectivity index (χ1) is 7.58. The SMILES string of the molecule is Cc1cc(N)nn1-c1nccc(C(=O)O)n1. The molecule has 0 amide bonds. The van der Waals surface area contributed by atoms with Crippen molar-refractivity contribution in [1.29, 1.82) is 0 Å². The second-order valence-electron chi connectivity index (χ2n) is 3.17. The van der Waals surface area contributed by atoms with Crippen LogP contribution in [0, 0.1) is 6.92 Å². The van der Waals surface area contributed by atoms with Gasteiger partial charge in [0.15, 0.2) is 5.69 Å². The van der Waals surface area contributed by atoms with Crippen molar-refractivity contribution in [3.05, 3.63) is 29.7 Å². The predicted molar refractivity (Wildman–Crippen MR) is 55.3 cm³/mol. The molecule has 7 nitrogen and oxygen atoms in total. The quantitative estimate of drug-likeness (QED) is 0.749. The molecule has 2 aromatic heterocycles. The molecular weight excluding hydrogens is 210 g/mol. The van der Waals surface area contributed by atoms with E-state index in [1.54, 1.807) is 13.0 Å². The fourth-order valence-corrected chi connectivity index (χ4v) is 1.27. The molecule has 0 bridgehead atoms. The van der Waals surface area contributed by atoms with Crippen LogP contribution < -0.4 is 5.73 Å². The number of anilines is 1. The zero-order valence-electron chi connectivity index (χ0n) is 8.45. The number of carbonyl (C=O) groups is 1. The van der Waals surface area contributed by atoms with Crippen molar-refractivity contribution >= 4 is 11.8 Å². The van der Waals surface area contributed by atoms with Gasteiger partial charge >= 0.3 is 5.97 Å². The first-order valence-electron chi connectivity index (χ1n) is 4.47. The van der Waals surface area contributed by atoms with Crippen molar-refractivity contribution in [3.8, 4) is 5.95 Å². The lowest BCUT2D eigenvalue weighted by atomic mass is 10.4. The lowest BCUT2D eigenvalue weighted by molar-refractivity contribution is 0.0690. The van der Waals surface area contributed by atoms with Crippen LogP contribution >= 0.6 is 0 Å². The summed E-state index contributed by atoms with van der Waals surface area (Å²) >= 11 is 0. The summed E-state index contributed by atoms with van der Waals surface area (Å²) in [6, 6.07) is 2.96. The second-order valence-corrected chi connectivity index (χ2v) is 3.17. The maximum Gasteiger partial charge on any atom is 0.354 e. The van der Waals surface area contributed by atoms with Gasteiger partial charge in [-0.1, -0.05) is 0 Å². The van der Waals surface area contributed by atoms with Gasteiger partial charge in [-0.25, -0.2) is 19.4 Å². The van der Waals surface area contributed by atoms with Crippen molar-refractivity contribution in [1.82, 2.24) is 19.7 Å². The Balaban J connectivity index is 2.52. The molecule has 0 unspecified atom stereocenters. The molecule has 16 heavy (non-hydrogen) atoms. The minimum absolute atomic E-state index is 0.0847. The van der Waals surface area contributed by atoms with E-state index >= 15 is 0 Å². The van der Waals surface area contributed by atoms with Crippen molar-refractivity contribution < 1.29 is 9.90 Å². The van der Waals surface area contributed by atoms with E-state index in [1.807, 2.05) is 0 Å². The lowest BCUT2D eigenvalue weighted by Gasteiger charge is -2.01. The molecule has 0 spiro atoms. The number of aromatic carboxylic acids is 1. The zero-order valence-corrected chi connectivity index (χ0v) is 8.45. The Hall–Kier alpha value is -2.44. The Morgan fingerprint density at radius 3 is 2.88 bits per heavy atom. The van der Waals surface area contributed by atoms with Crippen LogP contribution in [-0.2, 0) is 0 Å². The van der Waals surface area contributed by atoms with Crippen LogP contribution in [0.4, 0.5) is 5.82 Å². The van der Waals surface area contributed by atoms with Crippen molar-refractivity contribution in [2.75, 3.05) is 5.73 Å². The van der Waals surface area contributed by atoms with E-state index in [0.717, 1.165) is 5.69 Å². The number of aromatic nitrogens is 4. The molecule has 0 fully saturated rings. The lowest BCUT2D eigenvalue weighted by Crippen LogP contribution is -2.09. The summed E-state index contributed by atoms with van der Waals surface area (Å²) in [7, 11) is 0. The number of carboxylic acids is 1. The van der Waals surface area contributed by atoms with Gasteiger partial charge in [0.05, 0.1) is 0 Å². The Morgan fingerprint density at radius 2 is 2.31 bits per heavy atom. The van der Waals surface area contributed by atoms with E-state index in [-0.39, 0.29) is 11.6 Å². The molecule has 7 heteroatoms. The highest BCUT2D eigenvalue weighted by molar-refractivity contribution is 5.85. The van der Waals surface area contributed by atoms with Crippen LogP contribution in [-0.4, -0.2) is 30.8 Å². The summed E-state index contributed by atoms with van der Waals surface area (Å²) in [6.07, 6.45) is 1.36. The highest BCUT2D eigenvalue weighted by Gasteiger charge is 2.10. The van der Waals surface area contributed by atoms with Crippen molar-refractivity contribution in [3.63, 3.8) is 0 Å². The van der Waals surface area contributed by atoms with Crippen LogP contribution in [0.15, 0.2) is 18.3 Å². The zero-order chi connectivity index (χ0) is 11.7. The number of hydrogen-bond donors (Lipinski definition) is 2. The molecule has 0 saturated carbocycles. The average molecular weight is 219 g/mol. The summed E-state index contributed by atoms with van der Waals surface area (Å²) in [5.74, 6) is -0.586. The van der Waals surface area contributed by atoms with E-state index < -0.39 is 5.97 Å². The summed E-state index contributed by atoms with van der Waals surface area (Å²) in [5, 5.41) is 12.7. The number of aryl methyl sites for hydroxylation is 1. The van der Waals surface area contributed by atoms with Crippen LogP contribution in [0.2, 0.25) is 0 Å². The highest BCUT2D eigenvalue weighted by Crippen LogP contribution is 2.09. The largest absolute Gasteiger partial charge is 0.477 e. The molecule has 0 aliphatic rings. The highest BCUT2D eigenvalue weighted by atomic mass is 16.4. The number of rotatable bonds is 2.